The van der Waals surface area contributed by atoms with Gasteiger partial charge in [0.15, 0.2) is 6.61 Å². The van der Waals surface area contributed by atoms with Gasteiger partial charge in [0.2, 0.25) is 0 Å². The first-order chi connectivity index (χ1) is 9.51. The smallest absolute Gasteiger partial charge is 0.412 e. The first kappa shape index (κ1) is 23.1. The molecule has 0 heterocycles. The molecule has 0 aromatic rings. The van der Waals surface area contributed by atoms with E-state index < -0.39 is 20.6 Å². The third kappa shape index (κ3) is 12.1. The summed E-state index contributed by atoms with van der Waals surface area (Å²) in [6, 6.07) is 0. The average Bonchev–Trinajstić information content (AvgIpc) is 2.40. The largest absolute Gasteiger partial charge is 0.756 e. The van der Waals surface area contributed by atoms with Crippen LogP contribution in [0.2, 0.25) is 0 Å². The standard InChI is InChI=1S/C8H20N.C4H8F3O4P/c1-5-9(6-2,7-3)8-4;1-2-10-12(8,9)11-3-4(5,6)7/h5-8H2,1-4H3;2-3H2,1H3,(H,8,9)/q+1;/p-1. The number of quaternary nitrogens is 1. The van der Waals surface area contributed by atoms with Crippen molar-refractivity contribution in [3.63, 3.8) is 0 Å². The van der Waals surface area contributed by atoms with Crippen LogP contribution in [0, 0.1) is 0 Å². The molecule has 0 saturated carbocycles. The fourth-order valence-corrected chi connectivity index (χ4v) is 2.38. The minimum atomic E-state index is -4.76. The summed E-state index contributed by atoms with van der Waals surface area (Å²) in [5.74, 6) is 0. The molecule has 5 nitrogen and oxygen atoms in total. The van der Waals surface area contributed by atoms with Crippen molar-refractivity contribution < 1.29 is 36.2 Å². The molecule has 0 aromatic carbocycles. The molecule has 0 spiro atoms. The van der Waals surface area contributed by atoms with E-state index in [2.05, 4.69) is 36.7 Å². The number of nitrogens with zero attached hydrogens (tertiary/aromatic N) is 1. The van der Waals surface area contributed by atoms with Crippen LogP contribution in [-0.2, 0) is 13.6 Å². The van der Waals surface area contributed by atoms with E-state index in [0.717, 1.165) is 0 Å². The highest BCUT2D eigenvalue weighted by molar-refractivity contribution is 7.45. The Labute approximate surface area is 125 Å². The number of hydrogen-bond donors (Lipinski definition) is 0. The van der Waals surface area contributed by atoms with Gasteiger partial charge in [0.1, 0.15) is 0 Å². The quantitative estimate of drug-likeness (QED) is 0.505. The summed E-state index contributed by atoms with van der Waals surface area (Å²) in [6.07, 6.45) is -4.67. The van der Waals surface area contributed by atoms with Crippen LogP contribution in [0.25, 0.3) is 0 Å². The van der Waals surface area contributed by atoms with Gasteiger partial charge in [-0.05, 0) is 34.6 Å². The Bertz CT molecular complexity index is 292. The average molecular weight is 337 g/mol. The maximum absolute atomic E-state index is 11.4. The lowest BCUT2D eigenvalue weighted by Gasteiger charge is -2.34. The highest BCUT2D eigenvalue weighted by Crippen LogP contribution is 2.39. The van der Waals surface area contributed by atoms with Crippen LogP contribution >= 0.6 is 7.82 Å². The number of phosphoric acid groups is 1. The second-order valence-corrected chi connectivity index (χ2v) is 5.77. The zero-order valence-electron chi connectivity index (χ0n) is 13.4. The topological polar surface area (TPSA) is 58.6 Å². The predicted molar refractivity (Wildman–Crippen MR) is 73.7 cm³/mol. The van der Waals surface area contributed by atoms with Crippen molar-refractivity contribution in [2.75, 3.05) is 39.4 Å². The molecule has 0 aliphatic carbocycles. The first-order valence-electron chi connectivity index (χ1n) is 7.03. The lowest BCUT2D eigenvalue weighted by molar-refractivity contribution is -0.921. The van der Waals surface area contributed by atoms with Gasteiger partial charge in [-0.25, -0.2) is 0 Å². The van der Waals surface area contributed by atoms with Crippen LogP contribution in [0.5, 0.6) is 0 Å². The van der Waals surface area contributed by atoms with Gasteiger partial charge in [-0.15, -0.1) is 0 Å². The summed E-state index contributed by atoms with van der Waals surface area (Å²) in [5, 5.41) is 0. The Morgan fingerprint density at radius 1 is 0.952 bits per heavy atom. The van der Waals surface area contributed by atoms with E-state index in [9.17, 15) is 22.6 Å². The molecule has 0 N–H and O–H groups in total. The summed E-state index contributed by atoms with van der Waals surface area (Å²) in [6.45, 7) is 13.4. The van der Waals surface area contributed by atoms with Crippen LogP contribution < -0.4 is 4.89 Å². The lowest BCUT2D eigenvalue weighted by atomic mass is 10.3. The fraction of sp³-hybridized carbons (Fsp3) is 1.00. The summed E-state index contributed by atoms with van der Waals surface area (Å²) in [7, 11) is -4.76. The van der Waals surface area contributed by atoms with Gasteiger partial charge in [-0.3, -0.25) is 4.57 Å². The second-order valence-electron chi connectivity index (χ2n) is 4.36. The van der Waals surface area contributed by atoms with E-state index in [-0.39, 0.29) is 6.61 Å². The van der Waals surface area contributed by atoms with Crippen molar-refractivity contribution in [2.45, 2.75) is 40.8 Å². The van der Waals surface area contributed by atoms with Crippen molar-refractivity contribution in [1.29, 1.82) is 0 Å². The van der Waals surface area contributed by atoms with E-state index in [1.54, 1.807) is 0 Å². The normalized spacial score (nSPS) is 15.1. The zero-order valence-corrected chi connectivity index (χ0v) is 14.3. The SMILES string of the molecule is CCOP(=O)([O-])OCC(F)(F)F.CC[N+](CC)(CC)CC. The van der Waals surface area contributed by atoms with E-state index in [0.29, 0.717) is 0 Å². The molecule has 0 aliphatic rings. The first-order valence-corrected chi connectivity index (χ1v) is 8.49. The van der Waals surface area contributed by atoms with Crippen molar-refractivity contribution in [1.82, 2.24) is 0 Å². The molecule has 0 aromatic heterocycles. The van der Waals surface area contributed by atoms with E-state index in [4.69, 9.17) is 0 Å². The summed E-state index contributed by atoms with van der Waals surface area (Å²) >= 11 is 0. The third-order valence-corrected chi connectivity index (χ3v) is 4.38. The van der Waals surface area contributed by atoms with Gasteiger partial charge in [-0.2, -0.15) is 13.2 Å². The van der Waals surface area contributed by atoms with Crippen molar-refractivity contribution in [3.05, 3.63) is 0 Å². The second kappa shape index (κ2) is 10.6. The Morgan fingerprint density at radius 2 is 1.33 bits per heavy atom. The number of phosphoric ester groups is 1. The molecule has 9 heteroatoms. The predicted octanol–water partition coefficient (Wildman–Crippen LogP) is 2.95. The molecule has 0 bridgehead atoms. The Morgan fingerprint density at radius 3 is 1.52 bits per heavy atom. The van der Waals surface area contributed by atoms with Crippen LogP contribution in [0.3, 0.4) is 0 Å². The number of hydrogen-bond acceptors (Lipinski definition) is 4. The molecule has 0 aliphatic heterocycles. The molecule has 130 valence electrons. The molecular formula is C12H27F3NO4P. The highest BCUT2D eigenvalue weighted by atomic mass is 31.2. The molecule has 0 fully saturated rings. The molecule has 1 atom stereocenters. The van der Waals surface area contributed by atoms with Crippen LogP contribution in [0.15, 0.2) is 0 Å². The summed E-state index contributed by atoms with van der Waals surface area (Å²) in [5.41, 5.74) is 0. The maximum Gasteiger partial charge on any atom is 0.412 e. The molecule has 0 rings (SSSR count). The van der Waals surface area contributed by atoms with Crippen molar-refractivity contribution >= 4 is 7.82 Å². The van der Waals surface area contributed by atoms with Gasteiger partial charge in [0.05, 0.1) is 32.8 Å². The Kier molecular flexibility index (Phi) is 11.6. The molecule has 0 radical (unpaired) electrons. The number of halogens is 3. The summed E-state index contributed by atoms with van der Waals surface area (Å²) in [4.78, 5) is 10.4. The Balaban J connectivity index is 0. The van der Waals surface area contributed by atoms with Gasteiger partial charge < -0.3 is 18.4 Å². The summed E-state index contributed by atoms with van der Waals surface area (Å²) < 4.78 is 53.2. The van der Waals surface area contributed by atoms with Crippen molar-refractivity contribution in [3.8, 4) is 0 Å². The van der Waals surface area contributed by atoms with Crippen molar-refractivity contribution in [2.24, 2.45) is 0 Å². The number of rotatable bonds is 8. The molecule has 1 unspecified atom stereocenters. The van der Waals surface area contributed by atoms with Crippen LogP contribution in [0.1, 0.15) is 34.6 Å². The number of alkyl halides is 3. The van der Waals surface area contributed by atoms with E-state index >= 15 is 0 Å². The fourth-order valence-electron chi connectivity index (χ4n) is 1.69. The minimum absolute atomic E-state index is 0.251. The van der Waals surface area contributed by atoms with Gasteiger partial charge in [0, 0.05) is 0 Å². The molecule has 21 heavy (non-hydrogen) atoms. The molecular weight excluding hydrogens is 310 g/mol. The zero-order chi connectivity index (χ0) is 17.2. The van der Waals surface area contributed by atoms with Crippen LogP contribution in [-0.4, -0.2) is 50.1 Å². The van der Waals surface area contributed by atoms with Gasteiger partial charge in [0.25, 0.3) is 7.82 Å². The van der Waals surface area contributed by atoms with E-state index in [1.807, 2.05) is 0 Å². The van der Waals surface area contributed by atoms with Crippen LogP contribution in [0.4, 0.5) is 13.2 Å². The third-order valence-electron chi connectivity index (χ3n) is 3.36. The molecule has 0 amide bonds. The highest BCUT2D eigenvalue weighted by Gasteiger charge is 2.30. The van der Waals surface area contributed by atoms with Gasteiger partial charge >= 0.3 is 6.18 Å². The minimum Gasteiger partial charge on any atom is -0.756 e. The maximum atomic E-state index is 11.4. The monoisotopic (exact) mass is 337 g/mol. The Hall–Kier alpha value is -0.140. The molecule has 0 saturated heterocycles. The lowest BCUT2D eigenvalue weighted by Crippen LogP contribution is -2.47. The van der Waals surface area contributed by atoms with E-state index in [1.165, 1.54) is 37.6 Å². The van der Waals surface area contributed by atoms with Gasteiger partial charge in [-0.1, -0.05) is 0 Å².